The molecule has 0 aromatic carbocycles. The highest BCUT2D eigenvalue weighted by Crippen LogP contribution is 2.24. The average Bonchev–Trinajstić information content (AvgIpc) is 2.65. The van der Waals surface area contributed by atoms with E-state index in [0.29, 0.717) is 18.3 Å². The van der Waals surface area contributed by atoms with Crippen molar-refractivity contribution >= 4 is 5.97 Å². The quantitative estimate of drug-likeness (QED) is 0.729. The third-order valence-electron chi connectivity index (χ3n) is 2.69. The maximum atomic E-state index is 12.0. The van der Waals surface area contributed by atoms with Crippen molar-refractivity contribution < 1.29 is 9.53 Å². The number of rotatable bonds is 6. The van der Waals surface area contributed by atoms with Crippen molar-refractivity contribution in [2.45, 2.75) is 47.1 Å². The first-order valence-electron chi connectivity index (χ1n) is 6.51. The molecule has 0 radical (unpaired) electrons. The van der Waals surface area contributed by atoms with Gasteiger partial charge in [0.05, 0.1) is 6.61 Å². The normalized spacial score (nSPS) is 13.1. The SMILES string of the molecule is CCOC(=O)C(c1nncn1CC(C)C)C(C)C. The van der Waals surface area contributed by atoms with Gasteiger partial charge in [-0.3, -0.25) is 4.79 Å². The monoisotopic (exact) mass is 253 g/mol. The van der Waals surface area contributed by atoms with E-state index in [1.54, 1.807) is 6.33 Å². The zero-order valence-electron chi connectivity index (χ0n) is 11.9. The van der Waals surface area contributed by atoms with Gasteiger partial charge in [-0.05, 0) is 18.8 Å². The maximum Gasteiger partial charge on any atom is 0.316 e. The molecule has 0 aliphatic rings. The highest BCUT2D eigenvalue weighted by molar-refractivity contribution is 5.77. The van der Waals surface area contributed by atoms with Crippen molar-refractivity contribution in [2.24, 2.45) is 11.8 Å². The van der Waals surface area contributed by atoms with Crippen molar-refractivity contribution in [3.8, 4) is 0 Å². The van der Waals surface area contributed by atoms with E-state index in [-0.39, 0.29) is 17.8 Å². The molecule has 0 saturated heterocycles. The van der Waals surface area contributed by atoms with Gasteiger partial charge in [-0.25, -0.2) is 0 Å². The summed E-state index contributed by atoms with van der Waals surface area (Å²) >= 11 is 0. The lowest BCUT2D eigenvalue weighted by atomic mass is 9.95. The molecule has 0 bridgehead atoms. The third kappa shape index (κ3) is 3.55. The molecule has 0 N–H and O–H groups in total. The molecule has 1 heterocycles. The minimum absolute atomic E-state index is 0.138. The van der Waals surface area contributed by atoms with Crippen LogP contribution < -0.4 is 0 Å². The van der Waals surface area contributed by atoms with Crippen LogP contribution in [0.3, 0.4) is 0 Å². The van der Waals surface area contributed by atoms with E-state index in [1.165, 1.54) is 0 Å². The Hall–Kier alpha value is -1.39. The fraction of sp³-hybridized carbons (Fsp3) is 0.769. The van der Waals surface area contributed by atoms with Crippen LogP contribution in [-0.2, 0) is 16.1 Å². The number of hydrogen-bond donors (Lipinski definition) is 0. The predicted octanol–water partition coefficient (Wildman–Crippen LogP) is 2.24. The summed E-state index contributed by atoms with van der Waals surface area (Å²) in [5, 5.41) is 8.03. The summed E-state index contributed by atoms with van der Waals surface area (Å²) < 4.78 is 7.08. The van der Waals surface area contributed by atoms with Gasteiger partial charge in [-0.15, -0.1) is 10.2 Å². The van der Waals surface area contributed by atoms with Gasteiger partial charge in [0.25, 0.3) is 0 Å². The van der Waals surface area contributed by atoms with Gasteiger partial charge >= 0.3 is 5.97 Å². The number of carbonyl (C=O) groups excluding carboxylic acids is 1. The lowest BCUT2D eigenvalue weighted by Gasteiger charge is -2.19. The fourth-order valence-electron chi connectivity index (χ4n) is 1.95. The largest absolute Gasteiger partial charge is 0.465 e. The van der Waals surface area contributed by atoms with E-state index in [0.717, 1.165) is 6.54 Å². The molecule has 1 rings (SSSR count). The number of hydrogen-bond acceptors (Lipinski definition) is 4. The van der Waals surface area contributed by atoms with E-state index >= 15 is 0 Å². The second-order valence-electron chi connectivity index (χ2n) is 5.21. The molecule has 1 aromatic heterocycles. The molecule has 0 amide bonds. The lowest BCUT2D eigenvalue weighted by Crippen LogP contribution is -2.25. The topological polar surface area (TPSA) is 57.0 Å². The van der Waals surface area contributed by atoms with Crippen LogP contribution in [0, 0.1) is 11.8 Å². The molecule has 1 aromatic rings. The standard InChI is InChI=1S/C13H23N3O2/c1-6-18-13(17)11(10(4)5)12-15-14-8-16(12)7-9(2)3/h8-11H,6-7H2,1-5H3. The van der Waals surface area contributed by atoms with E-state index < -0.39 is 0 Å². The van der Waals surface area contributed by atoms with Gasteiger partial charge in [0.15, 0.2) is 0 Å². The Bertz CT molecular complexity index is 385. The molecule has 1 atom stereocenters. The average molecular weight is 253 g/mol. The van der Waals surface area contributed by atoms with Crippen LogP contribution in [0.5, 0.6) is 0 Å². The van der Waals surface area contributed by atoms with Crippen molar-refractivity contribution in [3.05, 3.63) is 12.2 Å². The van der Waals surface area contributed by atoms with Crippen LogP contribution in [0.4, 0.5) is 0 Å². The highest BCUT2D eigenvalue weighted by Gasteiger charge is 2.30. The molecule has 102 valence electrons. The number of aromatic nitrogens is 3. The Morgan fingerprint density at radius 3 is 2.56 bits per heavy atom. The van der Waals surface area contributed by atoms with E-state index in [4.69, 9.17) is 4.74 Å². The Kier molecular flexibility index (Phi) is 5.31. The van der Waals surface area contributed by atoms with Crippen molar-refractivity contribution in [2.75, 3.05) is 6.61 Å². The van der Waals surface area contributed by atoms with E-state index in [1.807, 2.05) is 25.3 Å². The summed E-state index contributed by atoms with van der Waals surface area (Å²) in [6.45, 7) is 11.3. The third-order valence-corrected chi connectivity index (χ3v) is 2.69. The number of esters is 1. The van der Waals surface area contributed by atoms with Crippen molar-refractivity contribution in [1.29, 1.82) is 0 Å². The van der Waals surface area contributed by atoms with Gasteiger partial charge in [-0.2, -0.15) is 0 Å². The summed E-state index contributed by atoms with van der Waals surface area (Å²) in [5.74, 6) is 0.766. The van der Waals surface area contributed by atoms with E-state index in [2.05, 4.69) is 24.0 Å². The smallest absolute Gasteiger partial charge is 0.316 e. The van der Waals surface area contributed by atoms with Crippen molar-refractivity contribution in [1.82, 2.24) is 14.8 Å². The Labute approximate surface area is 109 Å². The van der Waals surface area contributed by atoms with Crippen LogP contribution in [0.2, 0.25) is 0 Å². The first kappa shape index (κ1) is 14.7. The number of nitrogens with zero attached hydrogens (tertiary/aromatic N) is 3. The molecule has 1 unspecified atom stereocenters. The van der Waals surface area contributed by atoms with Crippen LogP contribution in [-0.4, -0.2) is 27.3 Å². The first-order valence-corrected chi connectivity index (χ1v) is 6.51. The Morgan fingerprint density at radius 1 is 1.39 bits per heavy atom. The minimum Gasteiger partial charge on any atom is -0.465 e. The molecule has 18 heavy (non-hydrogen) atoms. The zero-order chi connectivity index (χ0) is 13.7. The van der Waals surface area contributed by atoms with Gasteiger partial charge in [0.2, 0.25) is 0 Å². The molecule has 5 heteroatoms. The van der Waals surface area contributed by atoms with Crippen molar-refractivity contribution in [3.63, 3.8) is 0 Å². The Morgan fingerprint density at radius 2 is 2.06 bits per heavy atom. The van der Waals surface area contributed by atoms with Crippen LogP contribution in [0.1, 0.15) is 46.4 Å². The van der Waals surface area contributed by atoms with Crippen LogP contribution in [0.25, 0.3) is 0 Å². The van der Waals surface area contributed by atoms with Gasteiger partial charge in [0.1, 0.15) is 18.1 Å². The fourth-order valence-corrected chi connectivity index (χ4v) is 1.95. The molecule has 0 aliphatic heterocycles. The van der Waals surface area contributed by atoms with Gasteiger partial charge in [0, 0.05) is 6.54 Å². The maximum absolute atomic E-state index is 12.0. The highest BCUT2D eigenvalue weighted by atomic mass is 16.5. The van der Waals surface area contributed by atoms with Gasteiger partial charge < -0.3 is 9.30 Å². The molecular weight excluding hydrogens is 230 g/mol. The first-order chi connectivity index (χ1) is 8.47. The summed E-state index contributed by atoms with van der Waals surface area (Å²) in [5.41, 5.74) is 0. The summed E-state index contributed by atoms with van der Waals surface area (Å²) in [6.07, 6.45) is 1.68. The molecule has 0 saturated carbocycles. The van der Waals surface area contributed by atoms with Crippen LogP contribution in [0.15, 0.2) is 6.33 Å². The number of carbonyl (C=O) groups is 1. The second kappa shape index (κ2) is 6.52. The molecule has 0 aliphatic carbocycles. The van der Waals surface area contributed by atoms with Crippen LogP contribution >= 0.6 is 0 Å². The van der Waals surface area contributed by atoms with Gasteiger partial charge in [-0.1, -0.05) is 27.7 Å². The lowest BCUT2D eigenvalue weighted by molar-refractivity contribution is -0.146. The molecule has 5 nitrogen and oxygen atoms in total. The minimum atomic E-state index is -0.341. The zero-order valence-corrected chi connectivity index (χ0v) is 11.9. The Balaban J connectivity index is 2.99. The molecular formula is C13H23N3O2. The predicted molar refractivity (Wildman–Crippen MR) is 69.1 cm³/mol. The summed E-state index contributed by atoms with van der Waals surface area (Å²) in [6, 6.07) is 0. The number of ether oxygens (including phenoxy) is 1. The molecule has 0 spiro atoms. The molecule has 0 fully saturated rings. The van der Waals surface area contributed by atoms with E-state index in [9.17, 15) is 4.79 Å². The second-order valence-corrected chi connectivity index (χ2v) is 5.21. The summed E-state index contributed by atoms with van der Waals surface area (Å²) in [4.78, 5) is 12.0. The summed E-state index contributed by atoms with van der Waals surface area (Å²) in [7, 11) is 0.